The molecule has 26 heavy (non-hydrogen) atoms. The smallest absolute Gasteiger partial charge is 0.171 e. The summed E-state index contributed by atoms with van der Waals surface area (Å²) in [5.41, 5.74) is 6.68. The highest BCUT2D eigenvalue weighted by Gasteiger charge is 2.09. The topological polar surface area (TPSA) is 59.7 Å². The van der Waals surface area contributed by atoms with Crippen LogP contribution in [0.15, 0.2) is 36.7 Å². The summed E-state index contributed by atoms with van der Waals surface area (Å²) < 4.78 is 3.78. The Morgan fingerprint density at radius 1 is 1.15 bits per heavy atom. The molecule has 0 amide bonds. The SMILES string of the molecule is Cc1ccc(Cn2cc(NC(=S)NCc3c(C)nn(C)c3C)cn2)cc1. The van der Waals surface area contributed by atoms with E-state index in [0.717, 1.165) is 23.6 Å². The molecule has 7 heteroatoms. The number of aryl methyl sites for hydroxylation is 3. The van der Waals surface area contributed by atoms with Crippen molar-refractivity contribution < 1.29 is 0 Å². The molecule has 2 N–H and O–H groups in total. The lowest BCUT2D eigenvalue weighted by molar-refractivity contribution is 0.687. The molecule has 0 spiro atoms. The summed E-state index contributed by atoms with van der Waals surface area (Å²) in [7, 11) is 1.95. The standard InChI is InChI=1S/C19H24N6S/c1-13-5-7-16(8-6-13)11-25-12-17(9-21-25)22-19(26)20-10-18-14(2)23-24(4)15(18)3/h5-9,12H,10-11H2,1-4H3,(H2,20,22,26). The Kier molecular flexibility index (Phi) is 5.37. The van der Waals surface area contributed by atoms with Gasteiger partial charge in [0.25, 0.3) is 0 Å². The minimum atomic E-state index is 0.572. The van der Waals surface area contributed by atoms with E-state index in [9.17, 15) is 0 Å². The van der Waals surface area contributed by atoms with E-state index in [1.807, 2.05) is 29.5 Å². The molecule has 0 aliphatic carbocycles. The maximum atomic E-state index is 5.40. The van der Waals surface area contributed by atoms with Gasteiger partial charge in [-0.25, -0.2) is 0 Å². The highest BCUT2D eigenvalue weighted by Crippen LogP contribution is 2.12. The average molecular weight is 369 g/mol. The van der Waals surface area contributed by atoms with Gasteiger partial charge in [-0.2, -0.15) is 10.2 Å². The molecule has 0 saturated heterocycles. The first-order valence-corrected chi connectivity index (χ1v) is 8.95. The van der Waals surface area contributed by atoms with E-state index in [4.69, 9.17) is 12.2 Å². The van der Waals surface area contributed by atoms with Crippen molar-refractivity contribution in [2.75, 3.05) is 5.32 Å². The summed E-state index contributed by atoms with van der Waals surface area (Å²) in [6.07, 6.45) is 3.73. The van der Waals surface area contributed by atoms with Gasteiger partial charge in [0.05, 0.1) is 24.1 Å². The molecule has 3 aromatic rings. The van der Waals surface area contributed by atoms with Gasteiger partial charge in [0, 0.05) is 31.0 Å². The Bertz CT molecular complexity index is 907. The highest BCUT2D eigenvalue weighted by atomic mass is 32.1. The normalized spacial score (nSPS) is 10.8. The third kappa shape index (κ3) is 4.29. The summed E-state index contributed by atoms with van der Waals surface area (Å²) in [5, 5.41) is 15.8. The van der Waals surface area contributed by atoms with Crippen molar-refractivity contribution in [1.29, 1.82) is 0 Å². The van der Waals surface area contributed by atoms with Crippen LogP contribution in [0.2, 0.25) is 0 Å². The van der Waals surface area contributed by atoms with Crippen molar-refractivity contribution in [3.63, 3.8) is 0 Å². The van der Waals surface area contributed by atoms with Gasteiger partial charge in [0.2, 0.25) is 0 Å². The number of hydrogen-bond donors (Lipinski definition) is 2. The zero-order valence-corrected chi connectivity index (χ0v) is 16.4. The molecule has 0 unspecified atom stereocenters. The summed E-state index contributed by atoms with van der Waals surface area (Å²) >= 11 is 5.40. The number of rotatable bonds is 5. The average Bonchev–Trinajstić information content (AvgIpc) is 3.12. The van der Waals surface area contributed by atoms with Crippen LogP contribution in [0.1, 0.15) is 28.1 Å². The molecule has 1 aromatic carbocycles. The van der Waals surface area contributed by atoms with E-state index in [-0.39, 0.29) is 0 Å². The van der Waals surface area contributed by atoms with E-state index in [2.05, 4.69) is 58.9 Å². The fourth-order valence-electron chi connectivity index (χ4n) is 2.81. The molecule has 0 bridgehead atoms. The van der Waals surface area contributed by atoms with Crippen LogP contribution in [0.25, 0.3) is 0 Å². The number of benzene rings is 1. The monoisotopic (exact) mass is 368 g/mol. The Hall–Kier alpha value is -2.67. The Morgan fingerprint density at radius 2 is 1.88 bits per heavy atom. The third-order valence-corrected chi connectivity index (χ3v) is 4.69. The molecular weight excluding hydrogens is 344 g/mol. The van der Waals surface area contributed by atoms with Crippen molar-refractivity contribution >= 4 is 23.0 Å². The van der Waals surface area contributed by atoms with Crippen molar-refractivity contribution in [2.45, 2.75) is 33.9 Å². The van der Waals surface area contributed by atoms with Gasteiger partial charge in [-0.3, -0.25) is 9.36 Å². The summed E-state index contributed by atoms with van der Waals surface area (Å²) in [6, 6.07) is 8.46. The van der Waals surface area contributed by atoms with Crippen LogP contribution in [-0.2, 0) is 20.1 Å². The minimum Gasteiger partial charge on any atom is -0.358 e. The number of thiocarbonyl (C=S) groups is 1. The molecule has 0 atom stereocenters. The number of anilines is 1. The minimum absolute atomic E-state index is 0.572. The second kappa shape index (κ2) is 7.70. The van der Waals surface area contributed by atoms with Crippen LogP contribution < -0.4 is 10.6 Å². The van der Waals surface area contributed by atoms with E-state index < -0.39 is 0 Å². The molecule has 0 saturated carbocycles. The molecule has 2 aromatic heterocycles. The van der Waals surface area contributed by atoms with Crippen LogP contribution in [0.3, 0.4) is 0 Å². The third-order valence-electron chi connectivity index (χ3n) is 4.44. The Labute approximate surface area is 159 Å². The van der Waals surface area contributed by atoms with E-state index in [1.165, 1.54) is 16.7 Å². The van der Waals surface area contributed by atoms with Crippen LogP contribution in [-0.4, -0.2) is 24.7 Å². The maximum Gasteiger partial charge on any atom is 0.171 e. The van der Waals surface area contributed by atoms with Crippen LogP contribution in [0, 0.1) is 20.8 Å². The lowest BCUT2D eigenvalue weighted by atomic mass is 10.1. The number of aromatic nitrogens is 4. The second-order valence-corrected chi connectivity index (χ2v) is 6.90. The molecular formula is C19H24N6S. The largest absolute Gasteiger partial charge is 0.358 e. The lowest BCUT2D eigenvalue weighted by Gasteiger charge is -2.09. The second-order valence-electron chi connectivity index (χ2n) is 6.49. The van der Waals surface area contributed by atoms with Gasteiger partial charge in [0.1, 0.15) is 0 Å². The van der Waals surface area contributed by atoms with Gasteiger partial charge in [-0.15, -0.1) is 0 Å². The maximum absolute atomic E-state index is 5.40. The van der Waals surface area contributed by atoms with E-state index >= 15 is 0 Å². The molecule has 0 fully saturated rings. The van der Waals surface area contributed by atoms with Crippen LogP contribution >= 0.6 is 12.2 Å². The molecule has 0 radical (unpaired) electrons. The number of nitrogens with one attached hydrogen (secondary N) is 2. The van der Waals surface area contributed by atoms with Gasteiger partial charge in [-0.05, 0) is 38.6 Å². The van der Waals surface area contributed by atoms with Crippen molar-refractivity contribution in [1.82, 2.24) is 24.9 Å². The first-order chi connectivity index (χ1) is 12.4. The molecule has 0 aliphatic heterocycles. The molecule has 0 aliphatic rings. The van der Waals surface area contributed by atoms with Gasteiger partial charge >= 0.3 is 0 Å². The fourth-order valence-corrected chi connectivity index (χ4v) is 3.00. The predicted octanol–water partition coefficient (Wildman–Crippen LogP) is 3.08. The van der Waals surface area contributed by atoms with Crippen molar-refractivity contribution in [3.8, 4) is 0 Å². The first kappa shape index (κ1) is 18.1. The Morgan fingerprint density at radius 3 is 2.54 bits per heavy atom. The molecule has 3 rings (SSSR count). The molecule has 136 valence electrons. The zero-order chi connectivity index (χ0) is 18.7. The predicted molar refractivity (Wildman–Crippen MR) is 108 cm³/mol. The first-order valence-electron chi connectivity index (χ1n) is 8.54. The van der Waals surface area contributed by atoms with Gasteiger partial charge in [-0.1, -0.05) is 29.8 Å². The number of hydrogen-bond acceptors (Lipinski definition) is 3. The van der Waals surface area contributed by atoms with E-state index in [1.54, 1.807) is 6.20 Å². The Balaban J connectivity index is 1.55. The van der Waals surface area contributed by atoms with Crippen LogP contribution in [0.4, 0.5) is 5.69 Å². The summed E-state index contributed by atoms with van der Waals surface area (Å²) in [6.45, 7) is 7.53. The lowest BCUT2D eigenvalue weighted by Crippen LogP contribution is -2.28. The van der Waals surface area contributed by atoms with Gasteiger partial charge in [0.15, 0.2) is 5.11 Å². The summed E-state index contributed by atoms with van der Waals surface area (Å²) in [4.78, 5) is 0. The quantitative estimate of drug-likeness (QED) is 0.678. The summed E-state index contributed by atoms with van der Waals surface area (Å²) in [5.74, 6) is 0. The van der Waals surface area contributed by atoms with E-state index in [0.29, 0.717) is 11.7 Å². The van der Waals surface area contributed by atoms with Crippen molar-refractivity contribution in [2.24, 2.45) is 7.05 Å². The highest BCUT2D eigenvalue weighted by molar-refractivity contribution is 7.80. The number of nitrogens with zero attached hydrogens (tertiary/aromatic N) is 4. The molecule has 6 nitrogen and oxygen atoms in total. The zero-order valence-electron chi connectivity index (χ0n) is 15.6. The van der Waals surface area contributed by atoms with Crippen molar-refractivity contribution in [3.05, 3.63) is 64.7 Å². The van der Waals surface area contributed by atoms with Crippen LogP contribution in [0.5, 0.6) is 0 Å². The molecule has 2 heterocycles. The fraction of sp³-hybridized carbons (Fsp3) is 0.316. The van der Waals surface area contributed by atoms with Gasteiger partial charge < -0.3 is 10.6 Å².